The van der Waals surface area contributed by atoms with Gasteiger partial charge in [-0.05, 0) is 107 Å². The Morgan fingerprint density at radius 1 is 0.889 bits per heavy atom. The molecule has 1 amide bonds. The fourth-order valence-corrected chi connectivity index (χ4v) is 10.9. The number of ketones is 3. The van der Waals surface area contributed by atoms with Gasteiger partial charge < -0.3 is 48.3 Å². The van der Waals surface area contributed by atoms with E-state index in [-0.39, 0.29) is 84.5 Å². The normalized spacial score (nSPS) is 35.2. The molecule has 0 radical (unpaired) electrons. The lowest BCUT2D eigenvalue weighted by Gasteiger charge is -2.42. The van der Waals surface area contributed by atoms with Crippen LogP contribution in [0.5, 0.6) is 0 Å². The van der Waals surface area contributed by atoms with Crippen LogP contribution in [0.25, 0.3) is 0 Å². The first kappa shape index (κ1) is 61.4. The van der Waals surface area contributed by atoms with E-state index in [1.54, 1.807) is 41.1 Å². The number of rotatable bonds is 11. The molecule has 4 rings (SSSR count). The van der Waals surface area contributed by atoms with Gasteiger partial charge in [-0.1, -0.05) is 93.7 Å². The van der Waals surface area contributed by atoms with E-state index in [0.717, 1.165) is 12.0 Å². The molecule has 3 aliphatic heterocycles. The summed E-state index contributed by atoms with van der Waals surface area (Å²) in [7, 11) is 4.58. The summed E-state index contributed by atoms with van der Waals surface area (Å²) in [6.45, 7) is 13.1. The number of methoxy groups -OCH3 is 3. The molecule has 7 unspecified atom stereocenters. The summed E-state index contributed by atoms with van der Waals surface area (Å²) in [6.07, 6.45) is 11.7. The smallest absolute Gasteiger partial charge is 0.329 e. The van der Waals surface area contributed by atoms with E-state index in [9.17, 15) is 39.0 Å². The summed E-state index contributed by atoms with van der Waals surface area (Å²) in [6, 6.07) is -1.16. The third kappa shape index (κ3) is 17.2. The number of nitrogens with zero attached hydrogens (tertiary/aromatic N) is 1. The van der Waals surface area contributed by atoms with Crippen LogP contribution in [-0.4, -0.2) is 150 Å². The van der Waals surface area contributed by atoms with Crippen LogP contribution < -0.4 is 0 Å². The van der Waals surface area contributed by atoms with Crippen LogP contribution in [0.4, 0.5) is 0 Å². The topological polar surface area (TPSA) is 211 Å². The largest absolute Gasteiger partial charge is 0.463 e. The summed E-state index contributed by atoms with van der Waals surface area (Å²) in [5, 5.41) is 23.5. The number of alkyl halides is 1. The molecule has 16 nitrogen and oxygen atoms in total. The molecule has 3 fully saturated rings. The zero-order chi connectivity index (χ0) is 53.3. The monoisotopic (exact) mass is 1130 g/mol. The van der Waals surface area contributed by atoms with Crippen molar-refractivity contribution in [1.29, 1.82) is 0 Å². The Kier molecular flexibility index (Phi) is 25.4. The van der Waals surface area contributed by atoms with Gasteiger partial charge in [0, 0.05) is 58.5 Å². The van der Waals surface area contributed by atoms with Crippen molar-refractivity contribution in [2.75, 3.05) is 45.5 Å². The van der Waals surface area contributed by atoms with Gasteiger partial charge >= 0.3 is 11.9 Å². The lowest BCUT2D eigenvalue weighted by Crippen LogP contribution is -2.61. The highest BCUT2D eigenvalue weighted by atomic mass is 127. The second-order valence-electron chi connectivity index (χ2n) is 20.8. The lowest BCUT2D eigenvalue weighted by atomic mass is 9.78. The first-order valence-electron chi connectivity index (χ1n) is 26.0. The van der Waals surface area contributed by atoms with Crippen LogP contribution in [0.1, 0.15) is 126 Å². The minimum atomic E-state index is -2.44. The Hall–Kier alpha value is -3.17. The molecular formula is C55H84INO15. The van der Waals surface area contributed by atoms with Crippen LogP contribution in [0, 0.1) is 35.5 Å². The summed E-state index contributed by atoms with van der Waals surface area (Å²) in [5.74, 6) is -8.39. The van der Waals surface area contributed by atoms with Gasteiger partial charge in [-0.2, -0.15) is 0 Å². The number of aliphatic hydroxyl groups excluding tert-OH is 1. The van der Waals surface area contributed by atoms with Gasteiger partial charge in [0.25, 0.3) is 11.7 Å². The Balaban J connectivity index is 1.67. The van der Waals surface area contributed by atoms with Crippen molar-refractivity contribution < 1.29 is 72.1 Å². The van der Waals surface area contributed by atoms with Gasteiger partial charge in [-0.25, -0.2) is 4.79 Å². The molecule has 2 saturated heterocycles. The van der Waals surface area contributed by atoms with Crippen molar-refractivity contribution in [3.8, 4) is 0 Å². The third-order valence-electron chi connectivity index (χ3n) is 15.3. The number of halogens is 1. The number of carbonyl (C=O) groups excluding carboxylic acids is 6. The van der Waals surface area contributed by atoms with Crippen LogP contribution in [-0.2, 0) is 61.9 Å². The number of hydrogen-bond acceptors (Lipinski definition) is 15. The predicted molar refractivity (Wildman–Crippen MR) is 279 cm³/mol. The maximum atomic E-state index is 14.5. The molecular weight excluding hydrogens is 1040 g/mol. The molecule has 72 heavy (non-hydrogen) atoms. The van der Waals surface area contributed by atoms with Gasteiger partial charge in [0.1, 0.15) is 24.9 Å². The first-order chi connectivity index (χ1) is 34.2. The van der Waals surface area contributed by atoms with E-state index in [0.29, 0.717) is 63.4 Å². The van der Waals surface area contributed by atoms with E-state index in [1.165, 1.54) is 12.0 Å². The standard InChI is InChI=1S/C55H84INO15/c1-33-16-12-11-13-17-34(2)45(66-8)30-41-21-19-39(7)55(65,72-41)52(62)53(63)57-23-15-14-18-42(57)54(64)71-46(31-43(58)35(3)27-38(6)50(61)51(68-10)49(60)37(5)26-33)36(4)28-40-20-22-44(47(29-40)67-9)69-24-25-70-48(59)32-56/h11-13,16-17,27,33,36-42,44-47,50-51,61,65H,14-15,18-26,28-32H2,1-10H3/t33-,36-,37-,38?,39-,40+,41+,42+,44?,45?,46+,47?,50?,51?,55?/m1/s1. The molecule has 0 aromatic heterocycles. The molecule has 0 aromatic rings. The Morgan fingerprint density at radius 3 is 2.31 bits per heavy atom. The fourth-order valence-electron chi connectivity index (χ4n) is 10.7. The van der Waals surface area contributed by atoms with Gasteiger partial charge in [0.05, 0.1) is 41.6 Å². The molecule has 17 heteroatoms. The molecule has 1 aliphatic carbocycles. The number of amides is 1. The summed E-state index contributed by atoms with van der Waals surface area (Å²) in [5.41, 5.74) is 1.18. The van der Waals surface area contributed by atoms with E-state index >= 15 is 0 Å². The van der Waals surface area contributed by atoms with Gasteiger partial charge in [0.15, 0.2) is 11.6 Å². The number of aliphatic hydroxyl groups is 2. The molecule has 2 N–H and O–H groups in total. The van der Waals surface area contributed by atoms with Crippen molar-refractivity contribution in [2.45, 2.75) is 180 Å². The summed E-state index contributed by atoms with van der Waals surface area (Å²) >= 11 is 1.94. The van der Waals surface area contributed by atoms with E-state index in [4.69, 9.17) is 33.2 Å². The molecule has 2 bridgehead atoms. The fraction of sp³-hybridized carbons (Fsp3) is 0.745. The zero-order valence-electron chi connectivity index (χ0n) is 44.4. The Morgan fingerprint density at radius 2 is 1.62 bits per heavy atom. The molecule has 0 aromatic carbocycles. The number of ether oxygens (including phenoxy) is 7. The number of carbonyl (C=O) groups is 6. The second-order valence-corrected chi connectivity index (χ2v) is 21.6. The second kappa shape index (κ2) is 29.8. The number of Topliss-reactive ketones (excluding diaryl/α,β-unsaturated/α-hetero) is 3. The number of cyclic esters (lactones) is 1. The third-order valence-corrected chi connectivity index (χ3v) is 15.9. The van der Waals surface area contributed by atoms with Crippen LogP contribution in [0.3, 0.4) is 0 Å². The summed E-state index contributed by atoms with van der Waals surface area (Å²) in [4.78, 5) is 84.0. The van der Waals surface area contributed by atoms with E-state index < -0.39 is 77.8 Å². The molecule has 0 spiro atoms. The number of allylic oxidation sites excluding steroid dienone is 6. The van der Waals surface area contributed by atoms with E-state index in [2.05, 4.69) is 0 Å². The van der Waals surface area contributed by atoms with Gasteiger partial charge in [0.2, 0.25) is 5.79 Å². The van der Waals surface area contributed by atoms with Crippen LogP contribution >= 0.6 is 22.6 Å². The number of esters is 2. The van der Waals surface area contributed by atoms with Crippen molar-refractivity contribution in [1.82, 2.24) is 4.90 Å². The quantitative estimate of drug-likeness (QED) is 0.0690. The molecule has 15 atom stereocenters. The minimum Gasteiger partial charge on any atom is -0.463 e. The van der Waals surface area contributed by atoms with Crippen molar-refractivity contribution in [2.24, 2.45) is 35.5 Å². The van der Waals surface area contributed by atoms with Gasteiger partial charge in [-0.15, -0.1) is 0 Å². The van der Waals surface area contributed by atoms with Crippen molar-refractivity contribution in [3.05, 3.63) is 47.6 Å². The molecule has 1 saturated carbocycles. The van der Waals surface area contributed by atoms with Crippen LogP contribution in [0.15, 0.2) is 47.6 Å². The minimum absolute atomic E-state index is 0.0116. The number of hydrogen-bond donors (Lipinski definition) is 2. The molecule has 4 aliphatic rings. The molecule has 3 heterocycles. The summed E-state index contributed by atoms with van der Waals surface area (Å²) < 4.78 is 41.3. The highest BCUT2D eigenvalue weighted by Gasteiger charge is 2.53. The predicted octanol–water partition coefficient (Wildman–Crippen LogP) is 7.18. The highest BCUT2D eigenvalue weighted by molar-refractivity contribution is 14.1. The lowest BCUT2D eigenvalue weighted by molar-refractivity contribution is -0.265. The van der Waals surface area contributed by atoms with Gasteiger partial charge in [-0.3, -0.25) is 24.0 Å². The molecule has 406 valence electrons. The maximum Gasteiger partial charge on any atom is 0.329 e. The van der Waals surface area contributed by atoms with Crippen molar-refractivity contribution >= 4 is 57.8 Å². The first-order valence-corrected chi connectivity index (χ1v) is 27.5. The average molecular weight is 1130 g/mol. The van der Waals surface area contributed by atoms with E-state index in [1.807, 2.05) is 80.7 Å². The highest BCUT2D eigenvalue weighted by Crippen LogP contribution is 2.38. The van der Waals surface area contributed by atoms with Crippen LogP contribution in [0.2, 0.25) is 0 Å². The maximum absolute atomic E-state index is 14.5. The zero-order valence-corrected chi connectivity index (χ0v) is 46.5. The Bertz CT molecular complexity index is 1950. The SMILES string of the molecule is COC1C[C@@H]2CC[C@@H](C)C(O)(O2)C(=O)C(=O)N2CCCC[C@H]2C(=O)O[C@H]([C@H](C)C[C@@H]2CCC(OCCOC(=O)CI)C(OC)C2)CC(=O)C(C)=CC(C)C(O)C(OC)C(=O)[C@H](C)C[C@H](C)C=CC=CC=C1C. The number of fused-ring (bicyclic) bond motifs is 3. The van der Waals surface area contributed by atoms with Crippen molar-refractivity contribution in [3.63, 3.8) is 0 Å². The average Bonchev–Trinajstić information content (AvgIpc) is 3.36. The number of piperidine rings is 1. The Labute approximate surface area is 441 Å².